The molecule has 2 heterocycles. The summed E-state index contributed by atoms with van der Waals surface area (Å²) in [7, 11) is 0. The van der Waals surface area contributed by atoms with Crippen molar-refractivity contribution >= 4 is 29.0 Å². The monoisotopic (exact) mass is 473 g/mol. The normalized spacial score (nSPS) is 16.9. The summed E-state index contributed by atoms with van der Waals surface area (Å²) in [4.78, 5) is 31.3. The fourth-order valence-corrected chi connectivity index (χ4v) is 5.38. The molecule has 174 valence electrons. The molecule has 0 aliphatic carbocycles. The fourth-order valence-electron chi connectivity index (χ4n) is 5.11. The van der Waals surface area contributed by atoms with E-state index in [1.165, 1.54) is 11.1 Å². The zero-order valence-corrected chi connectivity index (χ0v) is 19.8. The molecule has 0 spiro atoms. The number of hydrogen-bond donors (Lipinski definition) is 0. The number of hydrogen-bond acceptors (Lipinski definition) is 4. The van der Waals surface area contributed by atoms with Crippen molar-refractivity contribution in [3.05, 3.63) is 101 Å². The SMILES string of the molecule is O=C1C(=O)N(CCCN2CCN(C(c3ccccc3)c3ccccc3)CC2)c2c(Cl)cccc21. The maximum absolute atomic E-state index is 12.5. The average Bonchev–Trinajstić information content (AvgIpc) is 3.12. The number of ketones is 1. The molecule has 0 N–H and O–H groups in total. The highest BCUT2D eigenvalue weighted by Crippen LogP contribution is 2.36. The van der Waals surface area contributed by atoms with Crippen LogP contribution in [0.25, 0.3) is 0 Å². The molecule has 3 aromatic carbocycles. The summed E-state index contributed by atoms with van der Waals surface area (Å²) >= 11 is 6.31. The smallest absolute Gasteiger partial charge is 0.299 e. The molecule has 2 aliphatic rings. The first-order chi connectivity index (χ1) is 16.6. The number of piperazine rings is 1. The van der Waals surface area contributed by atoms with Gasteiger partial charge in [-0.1, -0.05) is 78.3 Å². The summed E-state index contributed by atoms with van der Waals surface area (Å²) in [6.07, 6.45) is 0.796. The van der Waals surface area contributed by atoms with E-state index in [1.54, 1.807) is 23.1 Å². The van der Waals surface area contributed by atoms with Crippen LogP contribution in [0, 0.1) is 0 Å². The van der Waals surface area contributed by atoms with E-state index in [0.717, 1.165) is 39.1 Å². The van der Waals surface area contributed by atoms with Gasteiger partial charge < -0.3 is 9.80 Å². The molecular formula is C28H28ClN3O2. The number of para-hydroxylation sites is 1. The number of carbonyl (C=O) groups is 2. The molecule has 0 saturated carbocycles. The number of Topliss-reactive ketones (excluding diaryl/α,β-unsaturated/α-hetero) is 1. The number of nitrogens with zero attached hydrogens (tertiary/aromatic N) is 3. The quantitative estimate of drug-likeness (QED) is 0.468. The fraction of sp³-hybridized carbons (Fsp3) is 0.286. The molecule has 0 aromatic heterocycles. The Balaban J connectivity index is 1.19. The van der Waals surface area contributed by atoms with E-state index in [2.05, 4.69) is 70.5 Å². The van der Waals surface area contributed by atoms with Gasteiger partial charge in [0.1, 0.15) is 0 Å². The second-order valence-electron chi connectivity index (χ2n) is 8.88. The lowest BCUT2D eigenvalue weighted by atomic mass is 9.96. The highest BCUT2D eigenvalue weighted by molar-refractivity contribution is 6.54. The van der Waals surface area contributed by atoms with Gasteiger partial charge in [-0.25, -0.2) is 0 Å². The van der Waals surface area contributed by atoms with Gasteiger partial charge in [0.15, 0.2) is 0 Å². The van der Waals surface area contributed by atoms with Crippen LogP contribution in [0.15, 0.2) is 78.9 Å². The van der Waals surface area contributed by atoms with Crippen LogP contribution in [-0.2, 0) is 4.79 Å². The van der Waals surface area contributed by atoms with Gasteiger partial charge in [0, 0.05) is 32.7 Å². The van der Waals surface area contributed by atoms with Gasteiger partial charge in [0.2, 0.25) is 0 Å². The van der Waals surface area contributed by atoms with Crippen molar-refractivity contribution < 1.29 is 9.59 Å². The summed E-state index contributed by atoms with van der Waals surface area (Å²) in [6.45, 7) is 5.28. The van der Waals surface area contributed by atoms with Crippen LogP contribution in [0.1, 0.15) is 33.9 Å². The number of rotatable bonds is 7. The lowest BCUT2D eigenvalue weighted by Crippen LogP contribution is -2.48. The molecule has 6 heteroatoms. The van der Waals surface area contributed by atoms with Crippen LogP contribution in [0.2, 0.25) is 5.02 Å². The maximum atomic E-state index is 12.5. The molecule has 0 unspecified atom stereocenters. The van der Waals surface area contributed by atoms with Crippen molar-refractivity contribution in [2.24, 2.45) is 0 Å². The molecule has 1 fully saturated rings. The highest BCUT2D eigenvalue weighted by atomic mass is 35.5. The number of fused-ring (bicyclic) bond motifs is 1. The molecular weight excluding hydrogens is 446 g/mol. The summed E-state index contributed by atoms with van der Waals surface area (Å²) in [6, 6.07) is 26.8. The third kappa shape index (κ3) is 4.51. The summed E-state index contributed by atoms with van der Waals surface area (Å²) in [5.74, 6) is -0.930. The van der Waals surface area contributed by atoms with E-state index in [4.69, 9.17) is 11.6 Å². The molecule has 0 bridgehead atoms. The zero-order chi connectivity index (χ0) is 23.5. The zero-order valence-electron chi connectivity index (χ0n) is 19.1. The Kier molecular flexibility index (Phi) is 6.77. The minimum Gasteiger partial charge on any atom is -0.303 e. The van der Waals surface area contributed by atoms with Crippen LogP contribution in [0.4, 0.5) is 5.69 Å². The second kappa shape index (κ2) is 10.1. The summed E-state index contributed by atoms with van der Waals surface area (Å²) in [5.41, 5.74) is 3.61. The number of anilines is 1. The minimum atomic E-state index is -0.471. The van der Waals surface area contributed by atoms with E-state index in [0.29, 0.717) is 22.8 Å². The first-order valence-corrected chi connectivity index (χ1v) is 12.2. The van der Waals surface area contributed by atoms with E-state index < -0.39 is 11.7 Å². The van der Waals surface area contributed by atoms with Crippen molar-refractivity contribution in [3.8, 4) is 0 Å². The van der Waals surface area contributed by atoms with Crippen molar-refractivity contribution in [3.63, 3.8) is 0 Å². The van der Waals surface area contributed by atoms with Gasteiger partial charge in [-0.2, -0.15) is 0 Å². The lowest BCUT2D eigenvalue weighted by Gasteiger charge is -2.40. The molecule has 2 aliphatic heterocycles. The van der Waals surface area contributed by atoms with Gasteiger partial charge in [0.05, 0.1) is 22.3 Å². The van der Waals surface area contributed by atoms with Crippen LogP contribution in [0.5, 0.6) is 0 Å². The maximum Gasteiger partial charge on any atom is 0.299 e. The topological polar surface area (TPSA) is 43.9 Å². The third-order valence-electron chi connectivity index (χ3n) is 6.80. The Labute approximate surface area is 205 Å². The first kappa shape index (κ1) is 22.8. The van der Waals surface area contributed by atoms with Crippen LogP contribution < -0.4 is 4.90 Å². The van der Waals surface area contributed by atoms with E-state index >= 15 is 0 Å². The number of halogens is 1. The van der Waals surface area contributed by atoms with Gasteiger partial charge in [-0.15, -0.1) is 0 Å². The van der Waals surface area contributed by atoms with Crippen molar-refractivity contribution in [2.45, 2.75) is 12.5 Å². The standard InChI is InChI=1S/C28H28ClN3O2/c29-24-14-7-13-23-26(24)32(28(34)27(23)33)16-8-15-30-17-19-31(20-18-30)25(21-9-3-1-4-10-21)22-11-5-2-6-12-22/h1-7,9-14,25H,8,15-20H2. The largest absolute Gasteiger partial charge is 0.303 e. The molecule has 34 heavy (non-hydrogen) atoms. The highest BCUT2D eigenvalue weighted by Gasteiger charge is 2.37. The third-order valence-corrected chi connectivity index (χ3v) is 7.10. The van der Waals surface area contributed by atoms with Crippen molar-refractivity contribution in [2.75, 3.05) is 44.2 Å². The lowest BCUT2D eigenvalue weighted by molar-refractivity contribution is -0.114. The molecule has 1 saturated heterocycles. The van der Waals surface area contributed by atoms with Gasteiger partial charge in [0.25, 0.3) is 11.7 Å². The predicted molar refractivity (Wildman–Crippen MR) is 135 cm³/mol. The Hall–Kier alpha value is -2.99. The molecule has 3 aromatic rings. The molecule has 0 atom stereocenters. The van der Waals surface area contributed by atoms with E-state index in [-0.39, 0.29) is 6.04 Å². The number of benzene rings is 3. The van der Waals surface area contributed by atoms with E-state index in [1.807, 2.05) is 0 Å². The van der Waals surface area contributed by atoms with Crippen molar-refractivity contribution in [1.29, 1.82) is 0 Å². The van der Waals surface area contributed by atoms with E-state index in [9.17, 15) is 9.59 Å². The minimum absolute atomic E-state index is 0.247. The van der Waals surface area contributed by atoms with Crippen molar-refractivity contribution in [1.82, 2.24) is 9.80 Å². The first-order valence-electron chi connectivity index (χ1n) is 11.8. The Morgan fingerprint density at radius 3 is 1.97 bits per heavy atom. The average molecular weight is 474 g/mol. The summed E-state index contributed by atoms with van der Waals surface area (Å²) in [5, 5.41) is 0.457. The second-order valence-corrected chi connectivity index (χ2v) is 9.28. The van der Waals surface area contributed by atoms with Crippen LogP contribution in [-0.4, -0.2) is 60.8 Å². The molecule has 0 radical (unpaired) electrons. The van der Waals surface area contributed by atoms with Gasteiger partial charge in [-0.05, 0) is 36.2 Å². The van der Waals surface area contributed by atoms with Crippen LogP contribution >= 0.6 is 11.6 Å². The predicted octanol–water partition coefficient (Wildman–Crippen LogP) is 4.67. The number of amides is 1. The number of carbonyl (C=O) groups excluding carboxylic acids is 2. The Morgan fingerprint density at radius 2 is 1.35 bits per heavy atom. The Bertz CT molecular complexity index is 1120. The molecule has 5 rings (SSSR count). The molecule has 1 amide bonds. The summed E-state index contributed by atoms with van der Waals surface area (Å²) < 4.78 is 0. The van der Waals surface area contributed by atoms with Crippen LogP contribution in [0.3, 0.4) is 0 Å². The van der Waals surface area contributed by atoms with Gasteiger partial charge >= 0.3 is 0 Å². The van der Waals surface area contributed by atoms with Gasteiger partial charge in [-0.3, -0.25) is 14.5 Å². The molecule has 5 nitrogen and oxygen atoms in total. The Morgan fingerprint density at radius 1 is 0.735 bits per heavy atom.